The normalized spacial score (nSPS) is 28.8. The van der Waals surface area contributed by atoms with Crippen LogP contribution in [0.2, 0.25) is 0 Å². The second kappa shape index (κ2) is 6.53. The standard InChI is InChI=1S/C14H26N2O/c1-3-7-15-14-11-17-10-12(14)9-16(8-4-2)13-5-6-13/h4,12-15H,2-3,5-11H2,1H3. The lowest BCUT2D eigenvalue weighted by molar-refractivity contribution is 0.168. The Morgan fingerprint density at radius 1 is 1.41 bits per heavy atom. The van der Waals surface area contributed by atoms with E-state index in [9.17, 15) is 0 Å². The minimum Gasteiger partial charge on any atom is -0.379 e. The van der Waals surface area contributed by atoms with Crippen LogP contribution in [0.3, 0.4) is 0 Å². The number of ether oxygens (including phenoxy) is 1. The molecule has 0 aromatic heterocycles. The molecule has 0 spiro atoms. The molecule has 2 aliphatic rings. The molecule has 98 valence electrons. The Bertz CT molecular complexity index is 240. The quantitative estimate of drug-likeness (QED) is 0.651. The summed E-state index contributed by atoms with van der Waals surface area (Å²) >= 11 is 0. The van der Waals surface area contributed by atoms with E-state index in [1.807, 2.05) is 6.08 Å². The highest BCUT2D eigenvalue weighted by atomic mass is 16.5. The summed E-state index contributed by atoms with van der Waals surface area (Å²) in [5.74, 6) is 0.655. The number of nitrogens with zero attached hydrogens (tertiary/aromatic N) is 1. The summed E-state index contributed by atoms with van der Waals surface area (Å²) in [7, 11) is 0. The van der Waals surface area contributed by atoms with Gasteiger partial charge in [-0.3, -0.25) is 4.90 Å². The molecule has 1 saturated carbocycles. The van der Waals surface area contributed by atoms with Crippen LogP contribution in [0.1, 0.15) is 26.2 Å². The highest BCUT2D eigenvalue weighted by Gasteiger charge is 2.34. The minimum atomic E-state index is 0.556. The molecule has 0 radical (unpaired) electrons. The lowest BCUT2D eigenvalue weighted by Gasteiger charge is -2.27. The monoisotopic (exact) mass is 238 g/mol. The first-order valence-electron chi connectivity index (χ1n) is 7.01. The van der Waals surface area contributed by atoms with Gasteiger partial charge in [-0.25, -0.2) is 0 Å². The summed E-state index contributed by atoms with van der Waals surface area (Å²) in [4.78, 5) is 2.58. The van der Waals surface area contributed by atoms with E-state index in [0.29, 0.717) is 12.0 Å². The summed E-state index contributed by atoms with van der Waals surface area (Å²) < 4.78 is 5.63. The third-order valence-corrected chi connectivity index (χ3v) is 3.75. The van der Waals surface area contributed by atoms with Gasteiger partial charge in [-0.1, -0.05) is 13.0 Å². The van der Waals surface area contributed by atoms with Gasteiger partial charge < -0.3 is 10.1 Å². The van der Waals surface area contributed by atoms with E-state index in [1.165, 1.54) is 19.3 Å². The highest BCUT2D eigenvalue weighted by molar-refractivity contribution is 4.92. The van der Waals surface area contributed by atoms with Crippen LogP contribution in [0.4, 0.5) is 0 Å². The van der Waals surface area contributed by atoms with Gasteiger partial charge in [-0.05, 0) is 25.8 Å². The Labute approximate surface area is 105 Å². The van der Waals surface area contributed by atoms with Crippen LogP contribution >= 0.6 is 0 Å². The van der Waals surface area contributed by atoms with E-state index in [4.69, 9.17) is 4.74 Å². The summed E-state index contributed by atoms with van der Waals surface area (Å²) in [6, 6.07) is 1.38. The third kappa shape index (κ3) is 3.80. The number of hydrogen-bond acceptors (Lipinski definition) is 3. The van der Waals surface area contributed by atoms with Crippen molar-refractivity contribution in [3.63, 3.8) is 0 Å². The molecule has 0 bridgehead atoms. The van der Waals surface area contributed by atoms with Crippen LogP contribution < -0.4 is 5.32 Å². The molecular formula is C14H26N2O. The fourth-order valence-corrected chi connectivity index (χ4v) is 2.61. The summed E-state index contributed by atoms with van der Waals surface area (Å²) in [6.45, 7) is 11.2. The number of hydrogen-bond donors (Lipinski definition) is 1. The van der Waals surface area contributed by atoms with Crippen LogP contribution in [-0.2, 0) is 4.74 Å². The molecule has 2 unspecified atom stereocenters. The SMILES string of the molecule is C=CCN(CC1COCC1NCCC)C1CC1. The van der Waals surface area contributed by atoms with Crippen molar-refractivity contribution in [1.29, 1.82) is 0 Å². The third-order valence-electron chi connectivity index (χ3n) is 3.75. The predicted molar refractivity (Wildman–Crippen MR) is 71.2 cm³/mol. The first-order chi connectivity index (χ1) is 8.35. The van der Waals surface area contributed by atoms with Gasteiger partial charge in [0.25, 0.3) is 0 Å². The Balaban J connectivity index is 1.80. The maximum absolute atomic E-state index is 5.63. The van der Waals surface area contributed by atoms with E-state index < -0.39 is 0 Å². The van der Waals surface area contributed by atoms with Crippen LogP contribution in [-0.4, -0.2) is 49.8 Å². The van der Waals surface area contributed by atoms with Crippen LogP contribution in [0.15, 0.2) is 12.7 Å². The van der Waals surface area contributed by atoms with E-state index in [0.717, 1.165) is 38.9 Å². The summed E-state index contributed by atoms with van der Waals surface area (Å²) in [5, 5.41) is 3.61. The molecule has 0 aromatic rings. The summed E-state index contributed by atoms with van der Waals surface area (Å²) in [5.41, 5.74) is 0. The molecule has 3 nitrogen and oxygen atoms in total. The summed E-state index contributed by atoms with van der Waals surface area (Å²) in [6.07, 6.45) is 5.97. The van der Waals surface area contributed by atoms with Crippen LogP contribution in [0.5, 0.6) is 0 Å². The van der Waals surface area contributed by atoms with Gasteiger partial charge >= 0.3 is 0 Å². The maximum atomic E-state index is 5.63. The average Bonchev–Trinajstić information content (AvgIpc) is 3.08. The first kappa shape index (κ1) is 13.1. The zero-order valence-corrected chi connectivity index (χ0v) is 11.0. The van der Waals surface area contributed by atoms with Crippen molar-refractivity contribution in [2.75, 3.05) is 32.8 Å². The van der Waals surface area contributed by atoms with E-state index in [1.54, 1.807) is 0 Å². The molecule has 2 atom stereocenters. The van der Waals surface area contributed by atoms with Crippen molar-refractivity contribution in [3.05, 3.63) is 12.7 Å². The van der Waals surface area contributed by atoms with Crippen molar-refractivity contribution < 1.29 is 4.74 Å². The minimum absolute atomic E-state index is 0.556. The Morgan fingerprint density at radius 3 is 2.88 bits per heavy atom. The van der Waals surface area contributed by atoms with Gasteiger partial charge in [0.1, 0.15) is 0 Å². The molecule has 0 amide bonds. The molecule has 1 saturated heterocycles. The smallest absolute Gasteiger partial charge is 0.0623 e. The van der Waals surface area contributed by atoms with E-state index in [-0.39, 0.29) is 0 Å². The largest absolute Gasteiger partial charge is 0.379 e. The van der Waals surface area contributed by atoms with Gasteiger partial charge in [0.15, 0.2) is 0 Å². The van der Waals surface area contributed by atoms with Crippen molar-refractivity contribution >= 4 is 0 Å². The van der Waals surface area contributed by atoms with Crippen molar-refractivity contribution in [1.82, 2.24) is 10.2 Å². The second-order valence-electron chi connectivity index (χ2n) is 5.33. The highest BCUT2D eigenvalue weighted by Crippen LogP contribution is 2.28. The molecule has 1 N–H and O–H groups in total. The molecule has 1 heterocycles. The fraction of sp³-hybridized carbons (Fsp3) is 0.857. The zero-order chi connectivity index (χ0) is 12.1. The van der Waals surface area contributed by atoms with Gasteiger partial charge in [-0.2, -0.15) is 0 Å². The lowest BCUT2D eigenvalue weighted by Crippen LogP contribution is -2.42. The Kier molecular flexibility index (Phi) is 5.01. The lowest BCUT2D eigenvalue weighted by atomic mass is 10.0. The Hall–Kier alpha value is -0.380. The molecule has 0 aromatic carbocycles. The van der Waals surface area contributed by atoms with Crippen LogP contribution in [0, 0.1) is 5.92 Å². The molecule has 17 heavy (non-hydrogen) atoms. The topological polar surface area (TPSA) is 24.5 Å². The maximum Gasteiger partial charge on any atom is 0.0623 e. The molecule has 1 aliphatic carbocycles. The zero-order valence-electron chi connectivity index (χ0n) is 11.0. The van der Waals surface area contributed by atoms with Crippen molar-refractivity contribution in [3.8, 4) is 0 Å². The average molecular weight is 238 g/mol. The Morgan fingerprint density at radius 2 is 2.24 bits per heavy atom. The van der Waals surface area contributed by atoms with Crippen LogP contribution in [0.25, 0.3) is 0 Å². The van der Waals surface area contributed by atoms with Gasteiger partial charge in [0.2, 0.25) is 0 Å². The molecule has 2 rings (SSSR count). The molecule has 2 fully saturated rings. The number of rotatable bonds is 8. The van der Waals surface area contributed by atoms with Crippen molar-refractivity contribution in [2.24, 2.45) is 5.92 Å². The predicted octanol–water partition coefficient (Wildman–Crippen LogP) is 1.65. The van der Waals surface area contributed by atoms with Gasteiger partial charge in [0.05, 0.1) is 13.2 Å². The molecule has 1 aliphatic heterocycles. The van der Waals surface area contributed by atoms with Gasteiger partial charge in [-0.15, -0.1) is 6.58 Å². The first-order valence-corrected chi connectivity index (χ1v) is 7.01. The molecule has 3 heteroatoms. The fourth-order valence-electron chi connectivity index (χ4n) is 2.61. The van der Waals surface area contributed by atoms with Gasteiger partial charge in [0, 0.05) is 31.1 Å². The van der Waals surface area contributed by atoms with Crippen molar-refractivity contribution in [2.45, 2.75) is 38.3 Å². The van der Waals surface area contributed by atoms with E-state index >= 15 is 0 Å². The number of nitrogens with one attached hydrogen (secondary N) is 1. The molecular weight excluding hydrogens is 212 g/mol. The van der Waals surface area contributed by atoms with E-state index in [2.05, 4.69) is 23.7 Å². The second-order valence-corrected chi connectivity index (χ2v) is 5.33.